The molecule has 0 aliphatic carbocycles. The highest BCUT2D eigenvalue weighted by Crippen LogP contribution is 2.26. The third kappa shape index (κ3) is 4.47. The van der Waals surface area contributed by atoms with Gasteiger partial charge in [0.2, 0.25) is 0 Å². The van der Waals surface area contributed by atoms with E-state index in [1.165, 1.54) is 7.11 Å². The Morgan fingerprint density at radius 1 is 1.09 bits per heavy atom. The molecule has 0 heterocycles. The van der Waals surface area contributed by atoms with Crippen LogP contribution in [0.5, 0.6) is 5.75 Å². The normalized spacial score (nSPS) is 10.6. The number of carbonyl (C=O) groups excluding carboxylic acids is 1. The van der Waals surface area contributed by atoms with Crippen LogP contribution in [-0.4, -0.2) is 45.2 Å². The number of nitrogen functional groups attached to an aromatic ring is 1. The molecular formula is C18H22N2O3. The first-order chi connectivity index (χ1) is 11.0. The van der Waals surface area contributed by atoms with Crippen LogP contribution in [0.4, 0.5) is 5.69 Å². The average molecular weight is 314 g/mol. The van der Waals surface area contributed by atoms with Crippen LogP contribution in [0.3, 0.4) is 0 Å². The lowest BCUT2D eigenvalue weighted by molar-refractivity contribution is 0.0602. The standard InChI is InChI=1S/C18H22N2O3/c1-20(2)10-11-23-15-7-4-13(5-8-15)14-6-9-17(19)16(12-14)18(21)22-3/h4-9,12H,10-11,19H2,1-3H3. The minimum atomic E-state index is -0.437. The van der Waals surface area contributed by atoms with E-state index >= 15 is 0 Å². The summed E-state index contributed by atoms with van der Waals surface area (Å²) in [5.41, 5.74) is 8.48. The number of carbonyl (C=O) groups is 1. The molecule has 122 valence electrons. The number of nitrogens with two attached hydrogens (primary N) is 1. The first-order valence-corrected chi connectivity index (χ1v) is 7.37. The van der Waals surface area contributed by atoms with Gasteiger partial charge >= 0.3 is 5.97 Å². The monoisotopic (exact) mass is 314 g/mol. The van der Waals surface area contributed by atoms with Gasteiger partial charge in [0.05, 0.1) is 12.7 Å². The highest BCUT2D eigenvalue weighted by molar-refractivity contribution is 5.96. The number of nitrogens with zero attached hydrogens (tertiary/aromatic N) is 1. The Hall–Kier alpha value is -2.53. The summed E-state index contributed by atoms with van der Waals surface area (Å²) in [5, 5.41) is 0. The van der Waals surface area contributed by atoms with E-state index in [0.717, 1.165) is 23.4 Å². The van der Waals surface area contributed by atoms with E-state index in [0.29, 0.717) is 17.9 Å². The van der Waals surface area contributed by atoms with Crippen molar-refractivity contribution in [1.29, 1.82) is 0 Å². The third-order valence-corrected chi connectivity index (χ3v) is 3.45. The molecule has 0 unspecified atom stereocenters. The minimum Gasteiger partial charge on any atom is -0.492 e. The van der Waals surface area contributed by atoms with Crippen LogP contribution in [0.15, 0.2) is 42.5 Å². The fourth-order valence-corrected chi connectivity index (χ4v) is 2.11. The van der Waals surface area contributed by atoms with Crippen molar-refractivity contribution >= 4 is 11.7 Å². The lowest BCUT2D eigenvalue weighted by Crippen LogP contribution is -2.19. The van der Waals surface area contributed by atoms with E-state index < -0.39 is 5.97 Å². The first kappa shape index (κ1) is 16.8. The SMILES string of the molecule is COC(=O)c1cc(-c2ccc(OCCN(C)C)cc2)ccc1N. The van der Waals surface area contributed by atoms with Gasteiger partial charge in [-0.05, 0) is 49.5 Å². The van der Waals surface area contributed by atoms with E-state index in [9.17, 15) is 4.79 Å². The van der Waals surface area contributed by atoms with E-state index in [2.05, 4.69) is 4.90 Å². The Bertz CT molecular complexity index is 666. The number of likely N-dealkylation sites (N-methyl/N-ethyl adjacent to an activating group) is 1. The molecule has 0 aliphatic heterocycles. The molecule has 2 rings (SSSR count). The van der Waals surface area contributed by atoms with Gasteiger partial charge in [-0.25, -0.2) is 4.79 Å². The summed E-state index contributed by atoms with van der Waals surface area (Å²) < 4.78 is 10.4. The fraction of sp³-hybridized carbons (Fsp3) is 0.278. The predicted octanol–water partition coefficient (Wildman–Crippen LogP) is 2.66. The van der Waals surface area contributed by atoms with E-state index in [1.807, 2.05) is 44.4 Å². The van der Waals surface area contributed by atoms with Crippen molar-refractivity contribution in [3.63, 3.8) is 0 Å². The van der Waals surface area contributed by atoms with Crippen LogP contribution in [0.2, 0.25) is 0 Å². The van der Waals surface area contributed by atoms with Crippen LogP contribution in [0.25, 0.3) is 11.1 Å². The number of hydrogen-bond donors (Lipinski definition) is 1. The molecule has 0 fully saturated rings. The van der Waals surface area contributed by atoms with Crippen molar-refractivity contribution in [2.24, 2.45) is 0 Å². The van der Waals surface area contributed by atoms with Gasteiger partial charge in [-0.15, -0.1) is 0 Å². The van der Waals surface area contributed by atoms with E-state index in [1.54, 1.807) is 12.1 Å². The lowest BCUT2D eigenvalue weighted by atomic mass is 10.0. The Labute approximate surface area is 136 Å². The zero-order valence-corrected chi connectivity index (χ0v) is 13.7. The van der Waals surface area contributed by atoms with Crippen molar-refractivity contribution < 1.29 is 14.3 Å². The van der Waals surface area contributed by atoms with Crippen molar-refractivity contribution in [2.45, 2.75) is 0 Å². The Morgan fingerprint density at radius 2 is 1.74 bits per heavy atom. The van der Waals surface area contributed by atoms with Gasteiger partial charge in [-0.1, -0.05) is 18.2 Å². The number of rotatable bonds is 6. The van der Waals surface area contributed by atoms with E-state index in [-0.39, 0.29) is 0 Å². The fourth-order valence-electron chi connectivity index (χ4n) is 2.11. The van der Waals surface area contributed by atoms with Crippen LogP contribution in [-0.2, 0) is 4.74 Å². The molecule has 2 aromatic carbocycles. The van der Waals surface area contributed by atoms with Gasteiger partial charge in [-0.3, -0.25) is 0 Å². The summed E-state index contributed by atoms with van der Waals surface area (Å²) in [6.07, 6.45) is 0. The van der Waals surface area contributed by atoms with Gasteiger partial charge in [0.25, 0.3) is 0 Å². The Morgan fingerprint density at radius 3 is 2.35 bits per heavy atom. The maximum Gasteiger partial charge on any atom is 0.339 e. The molecule has 0 saturated carbocycles. The topological polar surface area (TPSA) is 64.8 Å². The quantitative estimate of drug-likeness (QED) is 0.656. The summed E-state index contributed by atoms with van der Waals surface area (Å²) in [6, 6.07) is 13.1. The Balaban J connectivity index is 2.14. The van der Waals surface area contributed by atoms with Crippen molar-refractivity contribution in [3.8, 4) is 16.9 Å². The number of methoxy groups -OCH3 is 1. The predicted molar refractivity (Wildman–Crippen MR) is 91.7 cm³/mol. The lowest BCUT2D eigenvalue weighted by Gasteiger charge is -2.12. The number of ether oxygens (including phenoxy) is 2. The van der Waals surface area contributed by atoms with Gasteiger partial charge in [0.1, 0.15) is 12.4 Å². The molecule has 0 radical (unpaired) electrons. The maximum atomic E-state index is 11.7. The molecule has 0 bridgehead atoms. The largest absolute Gasteiger partial charge is 0.492 e. The van der Waals surface area contributed by atoms with Gasteiger partial charge in [0, 0.05) is 12.2 Å². The van der Waals surface area contributed by atoms with Crippen LogP contribution in [0, 0.1) is 0 Å². The number of benzene rings is 2. The number of anilines is 1. The van der Waals surface area contributed by atoms with Crippen molar-refractivity contribution in [3.05, 3.63) is 48.0 Å². The molecule has 0 aliphatic rings. The summed E-state index contributed by atoms with van der Waals surface area (Å²) in [4.78, 5) is 13.8. The molecule has 5 nitrogen and oxygen atoms in total. The molecule has 0 atom stereocenters. The number of hydrogen-bond acceptors (Lipinski definition) is 5. The van der Waals surface area contributed by atoms with Gasteiger partial charge in [0.15, 0.2) is 0 Å². The second-order valence-electron chi connectivity index (χ2n) is 5.47. The second-order valence-corrected chi connectivity index (χ2v) is 5.47. The molecule has 0 aromatic heterocycles. The molecule has 2 aromatic rings. The number of esters is 1. The summed E-state index contributed by atoms with van der Waals surface area (Å²) >= 11 is 0. The van der Waals surface area contributed by atoms with Gasteiger partial charge < -0.3 is 20.1 Å². The molecule has 2 N–H and O–H groups in total. The molecule has 23 heavy (non-hydrogen) atoms. The van der Waals surface area contributed by atoms with Crippen LogP contribution >= 0.6 is 0 Å². The third-order valence-electron chi connectivity index (χ3n) is 3.45. The zero-order valence-electron chi connectivity index (χ0n) is 13.7. The molecule has 0 saturated heterocycles. The molecular weight excluding hydrogens is 292 g/mol. The summed E-state index contributed by atoms with van der Waals surface area (Å²) in [7, 11) is 5.35. The van der Waals surface area contributed by atoms with Crippen molar-refractivity contribution in [1.82, 2.24) is 4.90 Å². The molecule has 0 amide bonds. The molecule has 5 heteroatoms. The van der Waals surface area contributed by atoms with Gasteiger partial charge in [-0.2, -0.15) is 0 Å². The van der Waals surface area contributed by atoms with Crippen LogP contribution < -0.4 is 10.5 Å². The van der Waals surface area contributed by atoms with E-state index in [4.69, 9.17) is 15.2 Å². The molecule has 0 spiro atoms. The second kappa shape index (κ2) is 7.65. The summed E-state index contributed by atoms with van der Waals surface area (Å²) in [6.45, 7) is 1.50. The highest BCUT2D eigenvalue weighted by atomic mass is 16.5. The Kier molecular flexibility index (Phi) is 5.60. The average Bonchev–Trinajstić information content (AvgIpc) is 2.55. The summed E-state index contributed by atoms with van der Waals surface area (Å²) in [5.74, 6) is 0.382. The first-order valence-electron chi connectivity index (χ1n) is 7.37. The smallest absolute Gasteiger partial charge is 0.339 e. The minimum absolute atomic E-state index is 0.372. The maximum absolute atomic E-state index is 11.7. The van der Waals surface area contributed by atoms with Crippen LogP contribution in [0.1, 0.15) is 10.4 Å². The zero-order chi connectivity index (χ0) is 16.8. The van der Waals surface area contributed by atoms with Crippen molar-refractivity contribution in [2.75, 3.05) is 40.1 Å². The highest BCUT2D eigenvalue weighted by Gasteiger charge is 2.11.